The first-order valence-electron chi connectivity index (χ1n) is 6.92. The second kappa shape index (κ2) is 5.85. The molecule has 0 bridgehead atoms. The van der Waals surface area contributed by atoms with E-state index in [-0.39, 0.29) is 0 Å². The Hall–Kier alpha value is -2.19. The topological polar surface area (TPSA) is 24.9 Å². The van der Waals surface area contributed by atoms with Gasteiger partial charge in [0.1, 0.15) is 0 Å². The molecule has 1 aromatic heterocycles. The number of hydrogen-bond donors (Lipinski definition) is 1. The van der Waals surface area contributed by atoms with Crippen molar-refractivity contribution < 1.29 is 0 Å². The summed E-state index contributed by atoms with van der Waals surface area (Å²) in [6.07, 6.45) is 4.67. The summed E-state index contributed by atoms with van der Waals surface area (Å²) in [4.78, 5) is 4.08. The molecule has 3 aromatic rings. The molecule has 0 radical (unpaired) electrons. The lowest BCUT2D eigenvalue weighted by atomic mass is 9.94. The first-order chi connectivity index (χ1) is 9.88. The van der Waals surface area contributed by atoms with Gasteiger partial charge in [-0.25, -0.2) is 0 Å². The number of nitrogens with zero attached hydrogens (tertiary/aromatic N) is 1. The van der Waals surface area contributed by atoms with Gasteiger partial charge in [0.15, 0.2) is 0 Å². The van der Waals surface area contributed by atoms with Crippen LogP contribution in [0.2, 0.25) is 0 Å². The number of fused-ring (bicyclic) bond motifs is 1. The van der Waals surface area contributed by atoms with Gasteiger partial charge in [-0.3, -0.25) is 4.98 Å². The van der Waals surface area contributed by atoms with Crippen LogP contribution in [0.25, 0.3) is 10.8 Å². The Morgan fingerprint density at radius 3 is 2.50 bits per heavy atom. The van der Waals surface area contributed by atoms with E-state index in [1.165, 1.54) is 21.9 Å². The minimum absolute atomic E-state index is 0.309. The third kappa shape index (κ3) is 2.56. The fraction of sp³-hybridized carbons (Fsp3) is 0.167. The molecule has 0 aliphatic carbocycles. The van der Waals surface area contributed by atoms with E-state index in [0.717, 1.165) is 6.42 Å². The lowest BCUT2D eigenvalue weighted by Crippen LogP contribution is -2.19. The molecule has 0 aliphatic rings. The molecule has 0 saturated heterocycles. The molecule has 1 atom stereocenters. The highest BCUT2D eigenvalue weighted by Crippen LogP contribution is 2.26. The molecule has 3 rings (SSSR count). The molecule has 2 aromatic carbocycles. The number of benzene rings is 2. The Labute approximate surface area is 119 Å². The second-order valence-corrected chi connectivity index (χ2v) is 4.97. The fourth-order valence-corrected chi connectivity index (χ4v) is 2.68. The summed E-state index contributed by atoms with van der Waals surface area (Å²) in [5.41, 5.74) is 2.65. The maximum atomic E-state index is 4.08. The highest BCUT2D eigenvalue weighted by molar-refractivity contribution is 5.86. The third-order valence-corrected chi connectivity index (χ3v) is 3.74. The molecule has 100 valence electrons. The molecule has 0 amide bonds. The Kier molecular flexibility index (Phi) is 3.75. The van der Waals surface area contributed by atoms with Gasteiger partial charge in [-0.2, -0.15) is 0 Å². The maximum absolute atomic E-state index is 4.08. The molecular weight excluding hydrogens is 244 g/mol. The summed E-state index contributed by atoms with van der Waals surface area (Å²) in [6.45, 7) is 0. The van der Waals surface area contributed by atoms with E-state index in [9.17, 15) is 0 Å². The van der Waals surface area contributed by atoms with Crippen LogP contribution in [0, 0.1) is 0 Å². The van der Waals surface area contributed by atoms with E-state index in [2.05, 4.69) is 64.9 Å². The number of nitrogens with one attached hydrogen (secondary N) is 1. The SMILES string of the molecule is CNC(Cc1ccncc1)c1cccc2ccccc12. The molecule has 0 saturated carbocycles. The van der Waals surface area contributed by atoms with Crippen LogP contribution in [0.1, 0.15) is 17.2 Å². The van der Waals surface area contributed by atoms with Crippen molar-refractivity contribution in [2.75, 3.05) is 7.05 Å². The van der Waals surface area contributed by atoms with Crippen LogP contribution in [-0.2, 0) is 6.42 Å². The zero-order chi connectivity index (χ0) is 13.8. The number of hydrogen-bond acceptors (Lipinski definition) is 2. The van der Waals surface area contributed by atoms with E-state index < -0.39 is 0 Å². The van der Waals surface area contributed by atoms with E-state index in [0.29, 0.717) is 6.04 Å². The van der Waals surface area contributed by atoms with E-state index in [4.69, 9.17) is 0 Å². The summed E-state index contributed by atoms with van der Waals surface area (Å²) in [5.74, 6) is 0. The van der Waals surface area contributed by atoms with Crippen LogP contribution >= 0.6 is 0 Å². The molecule has 2 nitrogen and oxygen atoms in total. The smallest absolute Gasteiger partial charge is 0.0364 e. The quantitative estimate of drug-likeness (QED) is 0.774. The lowest BCUT2D eigenvalue weighted by Gasteiger charge is -2.19. The largest absolute Gasteiger partial charge is 0.313 e. The fourth-order valence-electron chi connectivity index (χ4n) is 2.68. The molecule has 1 N–H and O–H groups in total. The predicted molar refractivity (Wildman–Crippen MR) is 83.7 cm³/mol. The summed E-state index contributed by atoms with van der Waals surface area (Å²) in [5, 5.41) is 6.05. The van der Waals surface area contributed by atoms with Crippen molar-refractivity contribution in [2.24, 2.45) is 0 Å². The molecule has 1 unspecified atom stereocenters. The van der Waals surface area contributed by atoms with Gasteiger partial charge in [-0.15, -0.1) is 0 Å². The van der Waals surface area contributed by atoms with Crippen molar-refractivity contribution in [1.82, 2.24) is 10.3 Å². The van der Waals surface area contributed by atoms with Gasteiger partial charge in [-0.05, 0) is 47.5 Å². The van der Waals surface area contributed by atoms with E-state index >= 15 is 0 Å². The Morgan fingerprint density at radius 1 is 0.950 bits per heavy atom. The van der Waals surface area contributed by atoms with Crippen molar-refractivity contribution in [3.8, 4) is 0 Å². The van der Waals surface area contributed by atoms with Gasteiger partial charge in [0.05, 0.1) is 0 Å². The first kappa shape index (κ1) is 12.8. The van der Waals surface area contributed by atoms with Gasteiger partial charge < -0.3 is 5.32 Å². The summed E-state index contributed by atoms with van der Waals surface area (Å²) >= 11 is 0. The van der Waals surface area contributed by atoms with Crippen molar-refractivity contribution in [3.05, 3.63) is 78.1 Å². The van der Waals surface area contributed by atoms with E-state index in [1.54, 1.807) is 0 Å². The Bertz CT molecular complexity index is 687. The predicted octanol–water partition coefficient (Wildman–Crippen LogP) is 3.74. The molecule has 0 fully saturated rings. The van der Waals surface area contributed by atoms with Crippen LogP contribution in [0.5, 0.6) is 0 Å². The van der Waals surface area contributed by atoms with Crippen LogP contribution in [-0.4, -0.2) is 12.0 Å². The molecule has 0 aliphatic heterocycles. The molecular formula is C18H18N2. The average Bonchev–Trinajstić information content (AvgIpc) is 2.53. The summed E-state index contributed by atoms with van der Waals surface area (Å²) < 4.78 is 0. The number of likely N-dealkylation sites (N-methyl/N-ethyl adjacent to an activating group) is 1. The molecule has 1 heterocycles. The van der Waals surface area contributed by atoms with Crippen molar-refractivity contribution in [3.63, 3.8) is 0 Å². The lowest BCUT2D eigenvalue weighted by molar-refractivity contribution is 0.596. The molecule has 2 heteroatoms. The maximum Gasteiger partial charge on any atom is 0.0364 e. The monoisotopic (exact) mass is 262 g/mol. The van der Waals surface area contributed by atoms with Crippen molar-refractivity contribution in [1.29, 1.82) is 0 Å². The van der Waals surface area contributed by atoms with Crippen LogP contribution in [0.15, 0.2) is 67.0 Å². The molecule has 20 heavy (non-hydrogen) atoms. The van der Waals surface area contributed by atoms with Crippen LogP contribution < -0.4 is 5.32 Å². The van der Waals surface area contributed by atoms with Gasteiger partial charge in [0.25, 0.3) is 0 Å². The standard InChI is InChI=1S/C18H18N2/c1-19-18(13-14-9-11-20-12-10-14)17-8-4-6-15-5-2-3-7-16(15)17/h2-12,18-19H,13H2,1H3. The number of pyridine rings is 1. The van der Waals surface area contributed by atoms with Gasteiger partial charge in [0.2, 0.25) is 0 Å². The Balaban J connectivity index is 1.99. The van der Waals surface area contributed by atoms with Gasteiger partial charge in [-0.1, -0.05) is 42.5 Å². The summed E-state index contributed by atoms with van der Waals surface area (Å²) in [6, 6.07) is 19.5. The van der Waals surface area contributed by atoms with E-state index in [1.807, 2.05) is 19.4 Å². The zero-order valence-corrected chi connectivity index (χ0v) is 11.6. The van der Waals surface area contributed by atoms with Gasteiger partial charge >= 0.3 is 0 Å². The zero-order valence-electron chi connectivity index (χ0n) is 11.6. The van der Waals surface area contributed by atoms with Crippen LogP contribution in [0.4, 0.5) is 0 Å². The summed E-state index contributed by atoms with van der Waals surface area (Å²) in [7, 11) is 2.02. The highest BCUT2D eigenvalue weighted by Gasteiger charge is 2.12. The second-order valence-electron chi connectivity index (χ2n) is 4.97. The minimum atomic E-state index is 0.309. The van der Waals surface area contributed by atoms with Gasteiger partial charge in [0, 0.05) is 18.4 Å². The third-order valence-electron chi connectivity index (χ3n) is 3.74. The highest BCUT2D eigenvalue weighted by atomic mass is 14.9. The van der Waals surface area contributed by atoms with Crippen LogP contribution in [0.3, 0.4) is 0 Å². The number of aromatic nitrogens is 1. The normalized spacial score (nSPS) is 12.4. The first-order valence-corrected chi connectivity index (χ1v) is 6.92. The average molecular weight is 262 g/mol. The Morgan fingerprint density at radius 2 is 1.70 bits per heavy atom. The minimum Gasteiger partial charge on any atom is -0.313 e. The van der Waals surface area contributed by atoms with Crippen molar-refractivity contribution >= 4 is 10.8 Å². The molecule has 0 spiro atoms. The number of rotatable bonds is 4. The van der Waals surface area contributed by atoms with Crippen molar-refractivity contribution in [2.45, 2.75) is 12.5 Å².